The molecule has 0 unspecified atom stereocenters. The van der Waals surface area contributed by atoms with Crippen LogP contribution in [0, 0.1) is 0 Å². The Morgan fingerprint density at radius 1 is 0.944 bits per heavy atom. The molecule has 0 saturated carbocycles. The van der Waals surface area contributed by atoms with Crippen LogP contribution in [0.5, 0.6) is 11.8 Å². The Morgan fingerprint density at radius 3 is 2.61 bits per heavy atom. The first kappa shape index (κ1) is 10.5. The van der Waals surface area contributed by atoms with Crippen LogP contribution in [0.1, 0.15) is 0 Å². The van der Waals surface area contributed by atoms with Crippen molar-refractivity contribution in [2.75, 3.05) is 5.73 Å². The molecule has 4 heteroatoms. The number of anilines is 1. The highest BCUT2D eigenvalue weighted by atomic mass is 16.5. The fraction of sp³-hybridized carbons (Fsp3) is 0. The van der Waals surface area contributed by atoms with E-state index in [1.807, 2.05) is 36.4 Å². The summed E-state index contributed by atoms with van der Waals surface area (Å²) in [6, 6.07) is 15.8. The van der Waals surface area contributed by atoms with E-state index in [4.69, 9.17) is 10.5 Å². The first-order valence-electron chi connectivity index (χ1n) is 5.56. The van der Waals surface area contributed by atoms with Crippen LogP contribution < -0.4 is 10.5 Å². The molecule has 0 bridgehead atoms. The van der Waals surface area contributed by atoms with E-state index in [1.54, 1.807) is 12.3 Å². The Labute approximate surface area is 104 Å². The molecular weight excluding hydrogens is 226 g/mol. The minimum absolute atomic E-state index is 0.255. The maximum absolute atomic E-state index is 5.57. The molecule has 0 aliphatic rings. The fourth-order valence-corrected chi connectivity index (χ4v) is 1.74. The van der Waals surface area contributed by atoms with Crippen LogP contribution in [0.25, 0.3) is 10.8 Å². The fourth-order valence-electron chi connectivity index (χ4n) is 1.74. The Balaban J connectivity index is 1.95. The molecule has 0 amide bonds. The van der Waals surface area contributed by atoms with E-state index in [2.05, 4.69) is 16.0 Å². The summed E-state index contributed by atoms with van der Waals surface area (Å²) in [6.07, 6.45) is 1.57. The van der Waals surface area contributed by atoms with Crippen LogP contribution >= 0.6 is 0 Å². The number of hydrogen-bond acceptors (Lipinski definition) is 4. The zero-order valence-corrected chi connectivity index (χ0v) is 9.58. The van der Waals surface area contributed by atoms with Gasteiger partial charge < -0.3 is 10.5 Å². The van der Waals surface area contributed by atoms with Gasteiger partial charge in [-0.15, -0.1) is 0 Å². The van der Waals surface area contributed by atoms with Crippen molar-refractivity contribution in [2.24, 2.45) is 0 Å². The molecule has 3 rings (SSSR count). The van der Waals surface area contributed by atoms with Gasteiger partial charge >= 0.3 is 6.01 Å². The highest BCUT2D eigenvalue weighted by Crippen LogP contribution is 2.23. The second-order valence-electron chi connectivity index (χ2n) is 3.88. The molecule has 1 aromatic heterocycles. The molecule has 2 aromatic carbocycles. The van der Waals surface area contributed by atoms with Crippen LogP contribution in [0.15, 0.2) is 54.7 Å². The summed E-state index contributed by atoms with van der Waals surface area (Å²) in [6.45, 7) is 0. The van der Waals surface area contributed by atoms with Gasteiger partial charge in [0, 0.05) is 6.20 Å². The summed E-state index contributed by atoms with van der Waals surface area (Å²) in [5.74, 6) is 1.08. The van der Waals surface area contributed by atoms with Crippen LogP contribution in [-0.2, 0) is 0 Å². The molecule has 0 fully saturated rings. The standard InChI is InChI=1S/C14H11N3O/c15-13-7-8-16-14(17-13)18-12-6-5-10-3-1-2-4-11(10)9-12/h1-9H,(H2,15,16,17). The zero-order chi connectivity index (χ0) is 12.4. The van der Waals surface area contributed by atoms with E-state index in [0.717, 1.165) is 5.39 Å². The summed E-state index contributed by atoms with van der Waals surface area (Å²) in [7, 11) is 0. The van der Waals surface area contributed by atoms with Gasteiger partial charge in [-0.1, -0.05) is 30.3 Å². The maximum atomic E-state index is 5.57. The van der Waals surface area contributed by atoms with Crippen molar-refractivity contribution in [1.29, 1.82) is 0 Å². The first-order valence-corrected chi connectivity index (χ1v) is 5.56. The van der Waals surface area contributed by atoms with Gasteiger partial charge in [0.2, 0.25) is 0 Å². The summed E-state index contributed by atoms with van der Waals surface area (Å²) in [4.78, 5) is 7.99. The molecule has 3 aromatic rings. The third kappa shape index (κ3) is 2.08. The van der Waals surface area contributed by atoms with Crippen LogP contribution in [0.2, 0.25) is 0 Å². The SMILES string of the molecule is Nc1ccnc(Oc2ccc3ccccc3c2)n1. The molecule has 0 radical (unpaired) electrons. The van der Waals surface area contributed by atoms with E-state index in [9.17, 15) is 0 Å². The monoisotopic (exact) mass is 237 g/mol. The van der Waals surface area contributed by atoms with Crippen molar-refractivity contribution in [3.63, 3.8) is 0 Å². The molecule has 0 saturated heterocycles. The second-order valence-corrected chi connectivity index (χ2v) is 3.88. The van der Waals surface area contributed by atoms with E-state index in [-0.39, 0.29) is 6.01 Å². The predicted molar refractivity (Wildman–Crippen MR) is 70.5 cm³/mol. The summed E-state index contributed by atoms with van der Waals surface area (Å²) in [5, 5.41) is 2.28. The van der Waals surface area contributed by atoms with E-state index in [1.165, 1.54) is 5.39 Å². The molecule has 4 nitrogen and oxygen atoms in total. The number of fused-ring (bicyclic) bond motifs is 1. The second kappa shape index (κ2) is 4.33. The number of nitrogens with two attached hydrogens (primary N) is 1. The van der Waals surface area contributed by atoms with Crippen LogP contribution in [0.4, 0.5) is 5.82 Å². The molecule has 2 N–H and O–H groups in total. The molecule has 0 spiro atoms. The van der Waals surface area contributed by atoms with Gasteiger partial charge in [-0.05, 0) is 29.0 Å². The van der Waals surface area contributed by atoms with Crippen molar-refractivity contribution >= 4 is 16.6 Å². The number of aromatic nitrogens is 2. The smallest absolute Gasteiger partial charge is 0.323 e. The Morgan fingerprint density at radius 2 is 1.78 bits per heavy atom. The predicted octanol–water partition coefficient (Wildman–Crippen LogP) is 3.00. The number of rotatable bonds is 2. The Bertz CT molecular complexity index is 697. The Hall–Kier alpha value is -2.62. The average molecular weight is 237 g/mol. The molecule has 0 aliphatic carbocycles. The minimum atomic E-state index is 0.255. The van der Waals surface area contributed by atoms with Crippen molar-refractivity contribution in [3.05, 3.63) is 54.7 Å². The normalized spacial score (nSPS) is 10.4. The van der Waals surface area contributed by atoms with Crippen LogP contribution in [-0.4, -0.2) is 9.97 Å². The molecule has 0 atom stereocenters. The topological polar surface area (TPSA) is 61.0 Å². The molecule has 0 aliphatic heterocycles. The number of benzene rings is 2. The van der Waals surface area contributed by atoms with E-state index < -0.39 is 0 Å². The van der Waals surface area contributed by atoms with Gasteiger partial charge in [0.25, 0.3) is 0 Å². The van der Waals surface area contributed by atoms with Gasteiger partial charge in [-0.2, -0.15) is 4.98 Å². The lowest BCUT2D eigenvalue weighted by Crippen LogP contribution is -1.95. The molecule has 1 heterocycles. The number of nitrogens with zero attached hydrogens (tertiary/aromatic N) is 2. The van der Waals surface area contributed by atoms with Crippen molar-refractivity contribution < 1.29 is 4.74 Å². The summed E-state index contributed by atoms with van der Waals surface area (Å²) in [5.41, 5.74) is 5.57. The Kier molecular flexibility index (Phi) is 2.53. The lowest BCUT2D eigenvalue weighted by molar-refractivity contribution is 0.443. The maximum Gasteiger partial charge on any atom is 0.323 e. The summed E-state index contributed by atoms with van der Waals surface area (Å²) >= 11 is 0. The number of ether oxygens (including phenoxy) is 1. The van der Waals surface area contributed by atoms with Gasteiger partial charge in [0.1, 0.15) is 11.6 Å². The minimum Gasteiger partial charge on any atom is -0.424 e. The average Bonchev–Trinajstić information content (AvgIpc) is 2.39. The lowest BCUT2D eigenvalue weighted by Gasteiger charge is -2.05. The van der Waals surface area contributed by atoms with Crippen molar-refractivity contribution in [1.82, 2.24) is 9.97 Å². The third-order valence-electron chi connectivity index (χ3n) is 2.59. The van der Waals surface area contributed by atoms with Gasteiger partial charge in [0.15, 0.2) is 0 Å². The third-order valence-corrected chi connectivity index (χ3v) is 2.59. The lowest BCUT2D eigenvalue weighted by atomic mass is 10.1. The largest absolute Gasteiger partial charge is 0.424 e. The molecular formula is C14H11N3O. The van der Waals surface area contributed by atoms with E-state index >= 15 is 0 Å². The van der Waals surface area contributed by atoms with Crippen LogP contribution in [0.3, 0.4) is 0 Å². The van der Waals surface area contributed by atoms with Gasteiger partial charge in [-0.25, -0.2) is 4.98 Å². The van der Waals surface area contributed by atoms with Crippen molar-refractivity contribution in [2.45, 2.75) is 0 Å². The highest BCUT2D eigenvalue weighted by Gasteiger charge is 2.01. The molecule has 18 heavy (non-hydrogen) atoms. The summed E-state index contributed by atoms with van der Waals surface area (Å²) < 4.78 is 5.57. The van der Waals surface area contributed by atoms with Gasteiger partial charge in [-0.3, -0.25) is 0 Å². The van der Waals surface area contributed by atoms with Crippen molar-refractivity contribution in [3.8, 4) is 11.8 Å². The van der Waals surface area contributed by atoms with E-state index in [0.29, 0.717) is 11.6 Å². The highest BCUT2D eigenvalue weighted by molar-refractivity contribution is 5.83. The van der Waals surface area contributed by atoms with Gasteiger partial charge in [0.05, 0.1) is 0 Å². The first-order chi connectivity index (χ1) is 8.81. The number of nitrogen functional groups attached to an aromatic ring is 1. The number of hydrogen-bond donors (Lipinski definition) is 1. The molecule has 88 valence electrons. The quantitative estimate of drug-likeness (QED) is 0.744. The zero-order valence-electron chi connectivity index (χ0n) is 9.58.